The van der Waals surface area contributed by atoms with Crippen molar-refractivity contribution in [2.24, 2.45) is 0 Å². The number of nitrogens with one attached hydrogen (secondary N) is 1. The fourth-order valence-corrected chi connectivity index (χ4v) is 3.08. The first-order valence-corrected chi connectivity index (χ1v) is 8.23. The number of rotatable bonds is 3. The SMILES string of the molecule is CC(=O)OCC1COc2cc3[nH]c(=O)cc(C(F)(F)F)c3cc2N1CC(F)(F)F. The van der Waals surface area contributed by atoms with E-state index < -0.39 is 54.0 Å². The summed E-state index contributed by atoms with van der Waals surface area (Å²) in [6.07, 6.45) is -9.59. The van der Waals surface area contributed by atoms with Crippen LogP contribution in [0.25, 0.3) is 10.9 Å². The largest absolute Gasteiger partial charge is 0.489 e. The second kappa shape index (κ2) is 7.16. The number of alkyl halides is 6. The van der Waals surface area contributed by atoms with Crippen molar-refractivity contribution in [2.45, 2.75) is 25.3 Å². The summed E-state index contributed by atoms with van der Waals surface area (Å²) in [4.78, 5) is 25.6. The highest BCUT2D eigenvalue weighted by Gasteiger charge is 2.39. The van der Waals surface area contributed by atoms with E-state index >= 15 is 0 Å². The topological polar surface area (TPSA) is 71.6 Å². The van der Waals surface area contributed by atoms with Crippen LogP contribution in [0.15, 0.2) is 23.0 Å². The maximum Gasteiger partial charge on any atom is 0.417 e. The van der Waals surface area contributed by atoms with Gasteiger partial charge in [-0.1, -0.05) is 0 Å². The molecule has 0 saturated carbocycles. The number of benzene rings is 1. The molecule has 3 rings (SSSR count). The summed E-state index contributed by atoms with van der Waals surface area (Å²) in [7, 11) is 0. The van der Waals surface area contributed by atoms with Gasteiger partial charge in [0, 0.05) is 24.4 Å². The molecule has 1 aromatic heterocycles. The third kappa shape index (κ3) is 4.57. The van der Waals surface area contributed by atoms with Gasteiger partial charge in [-0.2, -0.15) is 26.3 Å². The number of hydrogen-bond acceptors (Lipinski definition) is 5. The van der Waals surface area contributed by atoms with Crippen LogP contribution in [0.1, 0.15) is 12.5 Å². The lowest BCUT2D eigenvalue weighted by Crippen LogP contribution is -2.50. The Labute approximate surface area is 159 Å². The van der Waals surface area contributed by atoms with Crippen LogP contribution in [0.4, 0.5) is 32.0 Å². The summed E-state index contributed by atoms with van der Waals surface area (Å²) < 4.78 is 89.6. The molecule has 2 aromatic rings. The van der Waals surface area contributed by atoms with Crippen LogP contribution in [0.2, 0.25) is 0 Å². The van der Waals surface area contributed by atoms with Crippen molar-refractivity contribution in [3.05, 3.63) is 34.1 Å². The average molecular weight is 424 g/mol. The molecule has 29 heavy (non-hydrogen) atoms. The summed E-state index contributed by atoms with van der Waals surface area (Å²) in [5.74, 6) is -0.853. The second-order valence-electron chi connectivity index (χ2n) is 6.42. The van der Waals surface area contributed by atoms with Crippen LogP contribution >= 0.6 is 0 Å². The Balaban J connectivity index is 2.16. The van der Waals surface area contributed by atoms with Crippen molar-refractivity contribution in [1.82, 2.24) is 4.98 Å². The van der Waals surface area contributed by atoms with Crippen LogP contribution in [0.3, 0.4) is 0 Å². The Morgan fingerprint density at radius 1 is 1.24 bits per heavy atom. The number of halogens is 6. The normalized spacial score (nSPS) is 17.1. The molecule has 1 aliphatic heterocycles. The fourth-order valence-electron chi connectivity index (χ4n) is 3.08. The lowest BCUT2D eigenvalue weighted by atomic mass is 10.0. The minimum Gasteiger partial charge on any atom is -0.489 e. The number of aromatic amines is 1. The highest BCUT2D eigenvalue weighted by Crippen LogP contribution is 2.41. The van der Waals surface area contributed by atoms with E-state index in [-0.39, 0.29) is 23.6 Å². The first kappa shape index (κ1) is 20.8. The first-order chi connectivity index (χ1) is 13.3. The molecule has 1 atom stereocenters. The van der Waals surface area contributed by atoms with Crippen LogP contribution in [0.5, 0.6) is 5.75 Å². The maximum absolute atomic E-state index is 13.3. The lowest BCUT2D eigenvalue weighted by Gasteiger charge is -2.38. The van der Waals surface area contributed by atoms with Crippen molar-refractivity contribution < 1.29 is 40.6 Å². The number of hydrogen-bond donors (Lipinski definition) is 1. The molecule has 0 spiro atoms. The summed E-state index contributed by atoms with van der Waals surface area (Å²) in [5.41, 5.74) is -2.78. The molecule has 6 nitrogen and oxygen atoms in total. The quantitative estimate of drug-likeness (QED) is 0.605. The van der Waals surface area contributed by atoms with Gasteiger partial charge in [-0.25, -0.2) is 0 Å². The van der Waals surface area contributed by atoms with Crippen molar-refractivity contribution >= 4 is 22.6 Å². The molecule has 1 aromatic carbocycles. The van der Waals surface area contributed by atoms with Gasteiger partial charge >= 0.3 is 18.3 Å². The molecule has 12 heteroatoms. The van der Waals surface area contributed by atoms with Gasteiger partial charge in [0.15, 0.2) is 0 Å². The Morgan fingerprint density at radius 3 is 2.52 bits per heavy atom. The highest BCUT2D eigenvalue weighted by molar-refractivity contribution is 5.89. The standard InChI is InChI=1S/C17H14F6N2O4/c1-8(26)28-5-9-6-29-14-4-12-10(2-13(14)25(9)7-16(18,19)20)11(17(21,22)23)3-15(27)24-12/h2-4,9H,5-7H2,1H3,(H,24,27). The van der Waals surface area contributed by atoms with Crippen LogP contribution in [-0.4, -0.2) is 42.9 Å². The molecule has 0 fully saturated rings. The number of carbonyl (C=O) groups excluding carboxylic acids is 1. The molecule has 1 N–H and O–H groups in total. The van der Waals surface area contributed by atoms with E-state index in [1.807, 2.05) is 0 Å². The third-order valence-electron chi connectivity index (χ3n) is 4.24. The molecule has 0 aliphatic carbocycles. The molecule has 1 unspecified atom stereocenters. The zero-order valence-corrected chi connectivity index (χ0v) is 14.8. The Hall–Kier alpha value is -2.92. The van der Waals surface area contributed by atoms with Gasteiger partial charge in [-0.05, 0) is 6.07 Å². The summed E-state index contributed by atoms with van der Waals surface area (Å²) in [6.45, 7) is -1.16. The fraction of sp³-hybridized carbons (Fsp3) is 0.412. The van der Waals surface area contributed by atoms with E-state index in [2.05, 4.69) is 4.98 Å². The van der Waals surface area contributed by atoms with Crippen molar-refractivity contribution in [3.8, 4) is 5.75 Å². The Bertz CT molecular complexity index is 998. The number of nitrogens with zero attached hydrogens (tertiary/aromatic N) is 1. The van der Waals surface area contributed by atoms with Gasteiger partial charge in [-0.3, -0.25) is 9.59 Å². The first-order valence-electron chi connectivity index (χ1n) is 8.23. The molecule has 0 amide bonds. The minimum atomic E-state index is -4.90. The van der Waals surface area contributed by atoms with Gasteiger partial charge < -0.3 is 19.4 Å². The van der Waals surface area contributed by atoms with Gasteiger partial charge in [0.25, 0.3) is 0 Å². The Morgan fingerprint density at radius 2 is 1.93 bits per heavy atom. The second-order valence-corrected chi connectivity index (χ2v) is 6.42. The predicted octanol–water partition coefficient (Wildman–Crippen LogP) is 3.24. The van der Waals surface area contributed by atoms with Gasteiger partial charge in [0.2, 0.25) is 5.56 Å². The van der Waals surface area contributed by atoms with Crippen LogP contribution in [0, 0.1) is 0 Å². The smallest absolute Gasteiger partial charge is 0.417 e. The predicted molar refractivity (Wildman–Crippen MR) is 88.9 cm³/mol. The van der Waals surface area contributed by atoms with E-state index in [9.17, 15) is 35.9 Å². The van der Waals surface area contributed by atoms with Gasteiger partial charge in [0.1, 0.15) is 25.5 Å². The van der Waals surface area contributed by atoms with E-state index in [0.717, 1.165) is 24.0 Å². The monoisotopic (exact) mass is 424 g/mol. The molecule has 2 heterocycles. The highest BCUT2D eigenvalue weighted by atomic mass is 19.4. The number of pyridine rings is 1. The molecule has 0 saturated heterocycles. The van der Waals surface area contributed by atoms with E-state index in [1.165, 1.54) is 0 Å². The minimum absolute atomic E-state index is 0.129. The van der Waals surface area contributed by atoms with E-state index in [1.54, 1.807) is 0 Å². The number of aromatic nitrogens is 1. The molecule has 1 aliphatic rings. The lowest BCUT2D eigenvalue weighted by molar-refractivity contribution is -0.142. The number of esters is 1. The number of carbonyl (C=O) groups is 1. The number of anilines is 1. The number of fused-ring (bicyclic) bond motifs is 2. The molecular weight excluding hydrogens is 410 g/mol. The molecule has 0 bridgehead atoms. The van der Waals surface area contributed by atoms with Crippen LogP contribution in [-0.2, 0) is 15.7 Å². The number of ether oxygens (including phenoxy) is 2. The molecule has 0 radical (unpaired) electrons. The van der Waals surface area contributed by atoms with Gasteiger partial charge in [-0.15, -0.1) is 0 Å². The van der Waals surface area contributed by atoms with E-state index in [4.69, 9.17) is 9.47 Å². The van der Waals surface area contributed by atoms with Gasteiger partial charge in [0.05, 0.1) is 22.8 Å². The summed E-state index contributed by atoms with van der Waals surface area (Å²) >= 11 is 0. The molecular formula is C17H14F6N2O4. The van der Waals surface area contributed by atoms with Crippen molar-refractivity contribution in [3.63, 3.8) is 0 Å². The maximum atomic E-state index is 13.3. The zero-order chi connectivity index (χ0) is 21.6. The third-order valence-corrected chi connectivity index (χ3v) is 4.24. The van der Waals surface area contributed by atoms with Crippen molar-refractivity contribution in [2.75, 3.05) is 24.7 Å². The molecule has 158 valence electrons. The van der Waals surface area contributed by atoms with Crippen molar-refractivity contribution in [1.29, 1.82) is 0 Å². The average Bonchev–Trinajstić information content (AvgIpc) is 2.56. The zero-order valence-electron chi connectivity index (χ0n) is 14.8. The summed E-state index contributed by atoms with van der Waals surface area (Å²) in [6, 6.07) is 1.20. The number of H-pyrrole nitrogens is 1. The van der Waals surface area contributed by atoms with E-state index in [0.29, 0.717) is 6.07 Å². The van der Waals surface area contributed by atoms with Crippen LogP contribution < -0.4 is 15.2 Å². The Kier molecular flexibility index (Phi) is 5.13. The summed E-state index contributed by atoms with van der Waals surface area (Å²) in [5, 5.41) is -0.486.